The van der Waals surface area contributed by atoms with Gasteiger partial charge >= 0.3 is 0 Å². The third kappa shape index (κ3) is 2.13. The van der Waals surface area contributed by atoms with Gasteiger partial charge in [0.1, 0.15) is 0 Å². The molecule has 1 aliphatic carbocycles. The van der Waals surface area contributed by atoms with Gasteiger partial charge in [-0.15, -0.1) is 11.6 Å². The quantitative estimate of drug-likeness (QED) is 0.666. The van der Waals surface area contributed by atoms with E-state index in [4.69, 9.17) is 11.6 Å². The number of halogens is 1. The minimum absolute atomic E-state index is 0.270. The van der Waals surface area contributed by atoms with E-state index in [1.165, 1.54) is 49.7 Å². The molecule has 0 saturated heterocycles. The standard InChI is InChI=1S/C15H21Cl/c1-2-3-10-15(12-16)11-6-8-13-7-4-5-9-14(13)15/h4-5,7,9H,2-3,6,8,10-12H2,1H3. The van der Waals surface area contributed by atoms with Crippen molar-refractivity contribution >= 4 is 11.6 Å². The lowest BCUT2D eigenvalue weighted by atomic mass is 9.68. The highest BCUT2D eigenvalue weighted by Crippen LogP contribution is 2.41. The normalized spacial score (nSPS) is 24.1. The minimum atomic E-state index is 0.270. The smallest absolute Gasteiger partial charge is 0.0320 e. The number of hydrogen-bond donors (Lipinski definition) is 0. The van der Waals surface area contributed by atoms with E-state index in [1.807, 2.05) is 0 Å². The van der Waals surface area contributed by atoms with Crippen molar-refractivity contribution in [3.05, 3.63) is 35.4 Å². The molecule has 0 heterocycles. The fourth-order valence-corrected chi connectivity index (χ4v) is 3.40. The zero-order valence-electron chi connectivity index (χ0n) is 10.1. The first-order valence-corrected chi connectivity index (χ1v) is 7.00. The summed E-state index contributed by atoms with van der Waals surface area (Å²) in [5.74, 6) is 0.782. The van der Waals surface area contributed by atoms with Crippen molar-refractivity contribution in [1.82, 2.24) is 0 Å². The van der Waals surface area contributed by atoms with E-state index in [2.05, 4.69) is 31.2 Å². The van der Waals surface area contributed by atoms with E-state index in [-0.39, 0.29) is 5.41 Å². The summed E-state index contributed by atoms with van der Waals surface area (Å²) in [5, 5.41) is 0. The molecule has 0 bridgehead atoms. The lowest BCUT2D eigenvalue weighted by molar-refractivity contribution is 0.360. The van der Waals surface area contributed by atoms with Crippen LogP contribution in [0.2, 0.25) is 0 Å². The highest BCUT2D eigenvalue weighted by molar-refractivity contribution is 6.18. The topological polar surface area (TPSA) is 0 Å². The summed E-state index contributed by atoms with van der Waals surface area (Å²) >= 11 is 6.30. The number of unbranched alkanes of at least 4 members (excludes halogenated alkanes) is 1. The van der Waals surface area contributed by atoms with Gasteiger partial charge in [0.2, 0.25) is 0 Å². The Morgan fingerprint density at radius 2 is 2.12 bits per heavy atom. The molecular weight excluding hydrogens is 216 g/mol. The Kier molecular flexibility index (Phi) is 3.91. The van der Waals surface area contributed by atoms with Gasteiger partial charge in [-0.1, -0.05) is 44.0 Å². The first kappa shape index (κ1) is 12.0. The number of rotatable bonds is 4. The number of fused-ring (bicyclic) bond motifs is 1. The Hall–Kier alpha value is -0.490. The number of alkyl halides is 1. The molecule has 0 fully saturated rings. The van der Waals surface area contributed by atoms with Crippen molar-refractivity contribution in [3.63, 3.8) is 0 Å². The van der Waals surface area contributed by atoms with Crippen molar-refractivity contribution in [1.29, 1.82) is 0 Å². The monoisotopic (exact) mass is 236 g/mol. The zero-order chi connectivity index (χ0) is 11.4. The molecule has 1 aliphatic rings. The van der Waals surface area contributed by atoms with Crippen LogP contribution in [0.15, 0.2) is 24.3 Å². The molecule has 1 unspecified atom stereocenters. The molecule has 0 aliphatic heterocycles. The van der Waals surface area contributed by atoms with Crippen LogP contribution in [0.4, 0.5) is 0 Å². The average molecular weight is 237 g/mol. The maximum Gasteiger partial charge on any atom is 0.0320 e. The molecule has 16 heavy (non-hydrogen) atoms. The van der Waals surface area contributed by atoms with Crippen LogP contribution >= 0.6 is 11.6 Å². The first-order valence-electron chi connectivity index (χ1n) is 6.47. The first-order chi connectivity index (χ1) is 7.82. The lowest BCUT2D eigenvalue weighted by Crippen LogP contribution is -2.32. The van der Waals surface area contributed by atoms with Crippen molar-refractivity contribution in [3.8, 4) is 0 Å². The molecule has 0 radical (unpaired) electrons. The highest BCUT2D eigenvalue weighted by Gasteiger charge is 2.34. The Balaban J connectivity index is 2.33. The largest absolute Gasteiger partial charge is 0.126 e. The van der Waals surface area contributed by atoms with Crippen molar-refractivity contribution in [2.45, 2.75) is 50.9 Å². The third-order valence-electron chi connectivity index (χ3n) is 3.95. The molecule has 0 amide bonds. The van der Waals surface area contributed by atoms with Crippen LogP contribution in [0, 0.1) is 0 Å². The average Bonchev–Trinajstić information content (AvgIpc) is 2.36. The molecule has 0 aromatic heterocycles. The number of aryl methyl sites for hydroxylation is 1. The van der Waals surface area contributed by atoms with E-state index >= 15 is 0 Å². The second-order valence-corrected chi connectivity index (χ2v) is 5.30. The van der Waals surface area contributed by atoms with E-state index in [1.54, 1.807) is 0 Å². The Morgan fingerprint density at radius 1 is 1.31 bits per heavy atom. The summed E-state index contributed by atoms with van der Waals surface area (Å²) in [6.45, 7) is 2.26. The van der Waals surface area contributed by atoms with E-state index in [9.17, 15) is 0 Å². The maximum absolute atomic E-state index is 6.30. The van der Waals surface area contributed by atoms with Gasteiger partial charge in [-0.2, -0.15) is 0 Å². The van der Waals surface area contributed by atoms with Crippen LogP contribution in [0.3, 0.4) is 0 Å². The molecule has 1 heteroatoms. The van der Waals surface area contributed by atoms with Gasteiger partial charge in [0.05, 0.1) is 0 Å². The Labute approximate surface area is 104 Å². The van der Waals surface area contributed by atoms with Crippen molar-refractivity contribution in [2.75, 3.05) is 5.88 Å². The molecule has 1 atom stereocenters. The Morgan fingerprint density at radius 3 is 2.88 bits per heavy atom. The van der Waals surface area contributed by atoms with Crippen LogP contribution in [0.5, 0.6) is 0 Å². The molecule has 0 N–H and O–H groups in total. The van der Waals surface area contributed by atoms with Gasteiger partial charge in [0.25, 0.3) is 0 Å². The predicted molar refractivity (Wildman–Crippen MR) is 71.3 cm³/mol. The van der Waals surface area contributed by atoms with Gasteiger partial charge in [-0.25, -0.2) is 0 Å². The number of hydrogen-bond acceptors (Lipinski definition) is 0. The summed E-state index contributed by atoms with van der Waals surface area (Å²) < 4.78 is 0. The van der Waals surface area contributed by atoms with Crippen LogP contribution in [-0.2, 0) is 11.8 Å². The van der Waals surface area contributed by atoms with Gasteiger partial charge < -0.3 is 0 Å². The fourth-order valence-electron chi connectivity index (χ4n) is 2.99. The van der Waals surface area contributed by atoms with Crippen LogP contribution in [0.25, 0.3) is 0 Å². The summed E-state index contributed by atoms with van der Waals surface area (Å²) in [7, 11) is 0. The summed E-state index contributed by atoms with van der Waals surface area (Å²) in [4.78, 5) is 0. The molecular formula is C15H21Cl. The molecule has 1 aromatic carbocycles. The predicted octanol–water partition coefficient (Wildman–Crippen LogP) is 4.69. The second kappa shape index (κ2) is 5.23. The van der Waals surface area contributed by atoms with Crippen molar-refractivity contribution in [2.24, 2.45) is 0 Å². The molecule has 0 nitrogen and oxygen atoms in total. The molecule has 0 spiro atoms. The molecule has 1 aromatic rings. The van der Waals surface area contributed by atoms with E-state index in [0.717, 1.165) is 5.88 Å². The van der Waals surface area contributed by atoms with Crippen molar-refractivity contribution < 1.29 is 0 Å². The van der Waals surface area contributed by atoms with Gasteiger partial charge in [0.15, 0.2) is 0 Å². The van der Waals surface area contributed by atoms with Crippen LogP contribution in [0.1, 0.15) is 50.2 Å². The van der Waals surface area contributed by atoms with Crippen LogP contribution in [-0.4, -0.2) is 5.88 Å². The molecule has 0 saturated carbocycles. The summed E-state index contributed by atoms with van der Waals surface area (Å²) in [5.41, 5.74) is 3.34. The summed E-state index contributed by atoms with van der Waals surface area (Å²) in [6, 6.07) is 8.90. The van der Waals surface area contributed by atoms with Gasteiger partial charge in [-0.3, -0.25) is 0 Å². The zero-order valence-corrected chi connectivity index (χ0v) is 10.9. The van der Waals surface area contributed by atoms with E-state index in [0.29, 0.717) is 0 Å². The van der Waals surface area contributed by atoms with E-state index < -0.39 is 0 Å². The summed E-state index contributed by atoms with van der Waals surface area (Å²) in [6.07, 6.45) is 7.62. The lowest BCUT2D eigenvalue weighted by Gasteiger charge is -2.38. The van der Waals surface area contributed by atoms with Gasteiger partial charge in [0, 0.05) is 11.3 Å². The second-order valence-electron chi connectivity index (χ2n) is 5.03. The minimum Gasteiger partial charge on any atom is -0.126 e. The fraction of sp³-hybridized carbons (Fsp3) is 0.600. The third-order valence-corrected chi connectivity index (χ3v) is 4.47. The molecule has 88 valence electrons. The van der Waals surface area contributed by atoms with Crippen LogP contribution < -0.4 is 0 Å². The maximum atomic E-state index is 6.30. The number of benzene rings is 1. The van der Waals surface area contributed by atoms with Gasteiger partial charge in [-0.05, 0) is 36.8 Å². The Bertz CT molecular complexity index is 345. The highest BCUT2D eigenvalue weighted by atomic mass is 35.5. The molecule has 2 rings (SSSR count). The SMILES string of the molecule is CCCCC1(CCl)CCCc2ccccc21.